The van der Waals surface area contributed by atoms with Crippen molar-refractivity contribution >= 4 is 21.7 Å². The van der Waals surface area contributed by atoms with Gasteiger partial charge in [0, 0.05) is 11.8 Å². The van der Waals surface area contributed by atoms with Crippen LogP contribution < -0.4 is 0 Å². The molecule has 108 valence electrons. The Kier molecular flexibility index (Phi) is 3.20. The maximum absolute atomic E-state index is 13.2. The Labute approximate surface area is 124 Å². The summed E-state index contributed by atoms with van der Waals surface area (Å²) in [5.74, 6) is -0.495. The van der Waals surface area contributed by atoms with E-state index < -0.39 is 17.7 Å². The summed E-state index contributed by atoms with van der Waals surface area (Å²) in [5.41, 5.74) is 0.122. The maximum atomic E-state index is 13.2. The van der Waals surface area contributed by atoms with E-state index in [2.05, 4.69) is 25.9 Å². The summed E-state index contributed by atoms with van der Waals surface area (Å²) in [5, 5.41) is 0. The molecule has 3 nitrogen and oxygen atoms in total. The van der Waals surface area contributed by atoms with Gasteiger partial charge in [-0.1, -0.05) is 0 Å². The summed E-state index contributed by atoms with van der Waals surface area (Å²) in [7, 11) is 0. The van der Waals surface area contributed by atoms with E-state index in [9.17, 15) is 17.6 Å². The minimum Gasteiger partial charge on any atom is -0.284 e. The lowest BCUT2D eigenvalue weighted by Crippen LogP contribution is -2.09. The van der Waals surface area contributed by atoms with Gasteiger partial charge in [0.1, 0.15) is 11.5 Å². The van der Waals surface area contributed by atoms with Gasteiger partial charge in [0.25, 0.3) is 0 Å². The average molecular weight is 360 g/mol. The fourth-order valence-corrected chi connectivity index (χ4v) is 2.28. The highest BCUT2D eigenvalue weighted by molar-refractivity contribution is 9.10. The quantitative estimate of drug-likeness (QED) is 0.606. The molecule has 0 aliphatic heterocycles. The highest BCUT2D eigenvalue weighted by Gasteiger charge is 2.32. The number of nitrogens with zero attached hydrogens (tertiary/aromatic N) is 3. The summed E-state index contributed by atoms with van der Waals surface area (Å²) in [6.07, 6.45) is -1.89. The molecule has 3 rings (SSSR count). The molecule has 0 aliphatic carbocycles. The van der Waals surface area contributed by atoms with E-state index in [1.807, 2.05) is 0 Å². The van der Waals surface area contributed by atoms with E-state index >= 15 is 0 Å². The molecular weight excluding hydrogens is 354 g/mol. The lowest BCUT2D eigenvalue weighted by atomic mass is 10.2. The van der Waals surface area contributed by atoms with E-state index in [1.54, 1.807) is 0 Å². The topological polar surface area (TPSA) is 30.2 Å². The van der Waals surface area contributed by atoms with Crippen LogP contribution >= 0.6 is 15.9 Å². The molecule has 2 heterocycles. The van der Waals surface area contributed by atoms with Gasteiger partial charge in [-0.15, -0.1) is 0 Å². The van der Waals surface area contributed by atoms with Crippen LogP contribution in [0, 0.1) is 5.82 Å². The molecule has 0 aliphatic rings. The normalized spacial score (nSPS) is 12.0. The van der Waals surface area contributed by atoms with Crippen molar-refractivity contribution in [2.24, 2.45) is 0 Å². The van der Waals surface area contributed by atoms with Crippen molar-refractivity contribution < 1.29 is 17.6 Å². The Balaban J connectivity index is 2.14. The van der Waals surface area contributed by atoms with Gasteiger partial charge in [-0.3, -0.25) is 4.40 Å². The van der Waals surface area contributed by atoms with Crippen molar-refractivity contribution in [1.82, 2.24) is 14.4 Å². The summed E-state index contributed by atoms with van der Waals surface area (Å²) in [4.78, 5) is 7.34. The van der Waals surface area contributed by atoms with Crippen LogP contribution in [0.3, 0.4) is 0 Å². The van der Waals surface area contributed by atoms with Gasteiger partial charge in [0.15, 0.2) is 0 Å². The van der Waals surface area contributed by atoms with Gasteiger partial charge >= 0.3 is 6.18 Å². The van der Waals surface area contributed by atoms with Crippen LogP contribution in [0.1, 0.15) is 5.69 Å². The first kappa shape index (κ1) is 14.0. The molecule has 0 N–H and O–H groups in total. The van der Waals surface area contributed by atoms with Gasteiger partial charge in [-0.2, -0.15) is 13.2 Å². The van der Waals surface area contributed by atoms with Crippen LogP contribution in [0.15, 0.2) is 41.1 Å². The number of alkyl halides is 3. The molecule has 0 radical (unpaired) electrons. The number of hydrogen-bond acceptors (Lipinski definition) is 2. The molecule has 8 heteroatoms. The standard InChI is InChI=1S/C13H6BrF4N3/c14-8-5-7(1-2-9(8)15)10-6-19-12-20-11(13(16,17)18)3-4-21(10)12/h1-6H. The Bertz CT molecular complexity index is 826. The van der Waals surface area contributed by atoms with Gasteiger partial charge in [-0.25, -0.2) is 14.4 Å². The molecule has 0 bridgehead atoms. The predicted molar refractivity (Wildman–Crippen MR) is 71.1 cm³/mol. The number of imidazole rings is 1. The van der Waals surface area contributed by atoms with E-state index in [0.29, 0.717) is 11.3 Å². The zero-order valence-corrected chi connectivity index (χ0v) is 11.8. The zero-order valence-electron chi connectivity index (χ0n) is 10.2. The second kappa shape index (κ2) is 4.80. The van der Waals surface area contributed by atoms with Crippen LogP contribution in [0.25, 0.3) is 17.0 Å². The molecule has 0 spiro atoms. The van der Waals surface area contributed by atoms with Crippen molar-refractivity contribution in [3.8, 4) is 11.3 Å². The van der Waals surface area contributed by atoms with E-state index in [4.69, 9.17) is 0 Å². The molecule has 0 saturated carbocycles. The molecule has 21 heavy (non-hydrogen) atoms. The summed E-state index contributed by atoms with van der Waals surface area (Å²) in [6, 6.07) is 5.17. The van der Waals surface area contributed by atoms with Crippen LogP contribution in [-0.2, 0) is 6.18 Å². The molecule has 0 fully saturated rings. The second-order valence-corrected chi connectivity index (χ2v) is 5.11. The molecule has 0 amide bonds. The number of fused-ring (bicyclic) bond motifs is 1. The molecule has 2 aromatic heterocycles. The largest absolute Gasteiger partial charge is 0.433 e. The number of benzene rings is 1. The Morgan fingerprint density at radius 1 is 1.14 bits per heavy atom. The van der Waals surface area contributed by atoms with Crippen molar-refractivity contribution in [2.75, 3.05) is 0 Å². The van der Waals surface area contributed by atoms with Crippen LogP contribution in [0.5, 0.6) is 0 Å². The third-order valence-corrected chi connectivity index (χ3v) is 3.49. The highest BCUT2D eigenvalue weighted by Crippen LogP contribution is 2.29. The Morgan fingerprint density at radius 2 is 1.90 bits per heavy atom. The van der Waals surface area contributed by atoms with E-state index in [0.717, 1.165) is 6.07 Å². The van der Waals surface area contributed by atoms with E-state index in [1.165, 1.54) is 35.0 Å². The Hall–Kier alpha value is -1.96. The summed E-state index contributed by atoms with van der Waals surface area (Å²) in [6.45, 7) is 0. The number of aromatic nitrogens is 3. The number of hydrogen-bond donors (Lipinski definition) is 0. The Morgan fingerprint density at radius 3 is 2.57 bits per heavy atom. The number of halogens is 5. The maximum Gasteiger partial charge on any atom is 0.433 e. The van der Waals surface area contributed by atoms with Crippen LogP contribution in [0.4, 0.5) is 17.6 Å². The third-order valence-electron chi connectivity index (χ3n) is 2.89. The molecular formula is C13H6BrF4N3. The van der Waals surface area contributed by atoms with Crippen LogP contribution in [-0.4, -0.2) is 14.4 Å². The molecule has 3 aromatic rings. The van der Waals surface area contributed by atoms with Gasteiger partial charge in [0.05, 0.1) is 16.4 Å². The SMILES string of the molecule is Fc1ccc(-c2cnc3nc(C(F)(F)F)ccn23)cc1Br. The third kappa shape index (κ3) is 2.51. The van der Waals surface area contributed by atoms with Crippen molar-refractivity contribution in [3.05, 3.63) is 52.6 Å². The summed E-state index contributed by atoms with van der Waals surface area (Å²) >= 11 is 3.06. The predicted octanol–water partition coefficient (Wildman–Crippen LogP) is 4.32. The highest BCUT2D eigenvalue weighted by atomic mass is 79.9. The number of rotatable bonds is 1. The van der Waals surface area contributed by atoms with E-state index in [-0.39, 0.29) is 10.3 Å². The minimum atomic E-state index is -4.52. The lowest BCUT2D eigenvalue weighted by Gasteiger charge is -2.06. The fourth-order valence-electron chi connectivity index (χ4n) is 1.90. The molecule has 1 aromatic carbocycles. The smallest absolute Gasteiger partial charge is 0.284 e. The molecule has 0 atom stereocenters. The van der Waals surface area contributed by atoms with Crippen molar-refractivity contribution in [2.45, 2.75) is 6.18 Å². The first-order chi connectivity index (χ1) is 9.86. The van der Waals surface area contributed by atoms with Gasteiger partial charge in [-0.05, 0) is 40.2 Å². The molecule has 0 unspecified atom stereocenters. The minimum absolute atomic E-state index is 0.0692. The van der Waals surface area contributed by atoms with Crippen molar-refractivity contribution in [3.63, 3.8) is 0 Å². The molecule has 0 saturated heterocycles. The zero-order chi connectivity index (χ0) is 15.2. The summed E-state index contributed by atoms with van der Waals surface area (Å²) < 4.78 is 52.7. The van der Waals surface area contributed by atoms with Crippen LogP contribution in [0.2, 0.25) is 0 Å². The second-order valence-electron chi connectivity index (χ2n) is 4.25. The fraction of sp³-hybridized carbons (Fsp3) is 0.0769. The lowest BCUT2D eigenvalue weighted by molar-refractivity contribution is -0.141. The van der Waals surface area contributed by atoms with Gasteiger partial charge in [0.2, 0.25) is 5.78 Å². The monoisotopic (exact) mass is 359 g/mol. The average Bonchev–Trinajstić information content (AvgIpc) is 2.84. The van der Waals surface area contributed by atoms with Crippen molar-refractivity contribution in [1.29, 1.82) is 0 Å². The van der Waals surface area contributed by atoms with Gasteiger partial charge < -0.3 is 0 Å². The first-order valence-corrected chi connectivity index (χ1v) is 6.52. The first-order valence-electron chi connectivity index (χ1n) is 5.73.